The van der Waals surface area contributed by atoms with Gasteiger partial charge in [-0.15, -0.1) is 11.8 Å². The van der Waals surface area contributed by atoms with Crippen LogP contribution in [0.15, 0.2) is 47.5 Å². The highest BCUT2D eigenvalue weighted by Gasteiger charge is 2.41. The fraction of sp³-hybridized carbons (Fsp3) is 0.316. The van der Waals surface area contributed by atoms with E-state index in [1.165, 1.54) is 11.8 Å². The van der Waals surface area contributed by atoms with E-state index in [9.17, 15) is 14.7 Å². The van der Waals surface area contributed by atoms with E-state index in [2.05, 4.69) is 22.5 Å². The summed E-state index contributed by atoms with van der Waals surface area (Å²) in [6.07, 6.45) is 4.43. The Bertz CT molecular complexity index is 842. The summed E-state index contributed by atoms with van der Waals surface area (Å²) in [5.41, 5.74) is -0.0462. The molecular formula is C19H20N3O3S-. The van der Waals surface area contributed by atoms with Crippen LogP contribution in [0.5, 0.6) is 0 Å². The van der Waals surface area contributed by atoms with Gasteiger partial charge in [-0.2, -0.15) is 0 Å². The molecular weight excluding hydrogens is 350 g/mol. The lowest BCUT2D eigenvalue weighted by Crippen LogP contribution is -2.59. The van der Waals surface area contributed by atoms with Crippen molar-refractivity contribution >= 4 is 29.6 Å². The minimum atomic E-state index is -1.55. The normalized spacial score (nSPS) is 21.5. The fourth-order valence-corrected chi connectivity index (χ4v) is 3.81. The van der Waals surface area contributed by atoms with Crippen molar-refractivity contribution < 1.29 is 14.7 Å². The summed E-state index contributed by atoms with van der Waals surface area (Å²) in [5.74, 6) is -0.721. The summed E-state index contributed by atoms with van der Waals surface area (Å²) < 4.78 is 0. The van der Waals surface area contributed by atoms with Crippen molar-refractivity contribution in [3.05, 3.63) is 53.7 Å². The molecule has 2 amide bonds. The van der Waals surface area contributed by atoms with Gasteiger partial charge >= 0.3 is 6.03 Å². The van der Waals surface area contributed by atoms with E-state index in [-0.39, 0.29) is 12.3 Å². The molecule has 1 aliphatic rings. The molecule has 7 heteroatoms. The molecule has 2 unspecified atom stereocenters. The maximum absolute atomic E-state index is 12.5. The Balaban J connectivity index is 1.89. The second-order valence-electron chi connectivity index (χ2n) is 6.38. The summed E-state index contributed by atoms with van der Waals surface area (Å²) in [7, 11) is 0. The van der Waals surface area contributed by atoms with Crippen LogP contribution in [-0.2, 0) is 10.3 Å². The number of carboxylic acids is 1. The van der Waals surface area contributed by atoms with Gasteiger partial charge in [0.1, 0.15) is 11.4 Å². The third-order valence-electron chi connectivity index (χ3n) is 4.79. The number of urea groups is 1. The Morgan fingerprint density at radius 2 is 2.08 bits per heavy atom. The first-order chi connectivity index (χ1) is 12.5. The first kappa shape index (κ1) is 18.3. The molecule has 6 nitrogen and oxygen atoms in total. The number of nitrogens with one attached hydrogen (secondary N) is 2. The van der Waals surface area contributed by atoms with Crippen LogP contribution in [-0.4, -0.2) is 23.2 Å². The number of rotatable bonds is 4. The molecule has 0 fully saturated rings. The third-order valence-corrected chi connectivity index (χ3v) is 5.51. The Kier molecular flexibility index (Phi) is 5.18. The number of thioether (sulfide) groups is 1. The minimum absolute atomic E-state index is 0.225. The van der Waals surface area contributed by atoms with Crippen LogP contribution < -0.4 is 15.7 Å². The van der Waals surface area contributed by atoms with Crippen molar-refractivity contribution in [2.75, 3.05) is 11.6 Å². The van der Waals surface area contributed by atoms with Gasteiger partial charge in [0.25, 0.3) is 0 Å². The van der Waals surface area contributed by atoms with Crippen LogP contribution in [0, 0.1) is 0 Å². The molecule has 2 aromatic rings. The number of hydrogen-bond donors (Lipinski definition) is 2. The SMILES string of the molecule is CSc1ccnc(NC(=O)NC2(C(=O)[O-])CCC(C)c3ccccc32)c1. The molecule has 136 valence electrons. The molecule has 26 heavy (non-hydrogen) atoms. The van der Waals surface area contributed by atoms with Gasteiger partial charge < -0.3 is 15.2 Å². The van der Waals surface area contributed by atoms with Gasteiger partial charge in [-0.3, -0.25) is 5.32 Å². The first-order valence-electron chi connectivity index (χ1n) is 8.36. The van der Waals surface area contributed by atoms with Crippen molar-refractivity contribution in [2.24, 2.45) is 0 Å². The maximum atomic E-state index is 12.5. The summed E-state index contributed by atoms with van der Waals surface area (Å²) in [5, 5.41) is 17.3. The first-order valence-corrected chi connectivity index (χ1v) is 9.59. The zero-order valence-corrected chi connectivity index (χ0v) is 15.4. The highest BCUT2D eigenvalue weighted by atomic mass is 32.2. The van der Waals surface area contributed by atoms with E-state index >= 15 is 0 Å². The number of aliphatic carboxylic acids is 1. The summed E-state index contributed by atoms with van der Waals surface area (Å²) in [6.45, 7) is 2.05. The highest BCUT2D eigenvalue weighted by Crippen LogP contribution is 2.41. The van der Waals surface area contributed by atoms with Crippen molar-refractivity contribution in [1.29, 1.82) is 0 Å². The van der Waals surface area contributed by atoms with Crippen molar-refractivity contribution in [1.82, 2.24) is 10.3 Å². The Hall–Kier alpha value is -2.54. The zero-order valence-electron chi connectivity index (χ0n) is 14.6. The lowest BCUT2D eigenvalue weighted by atomic mass is 9.72. The number of pyridine rings is 1. The van der Waals surface area contributed by atoms with Crippen LogP contribution >= 0.6 is 11.8 Å². The molecule has 0 bridgehead atoms. The third kappa shape index (κ3) is 3.39. The highest BCUT2D eigenvalue weighted by molar-refractivity contribution is 7.98. The van der Waals surface area contributed by atoms with Crippen LogP contribution in [0.3, 0.4) is 0 Å². The van der Waals surface area contributed by atoms with Gasteiger partial charge in [0.05, 0.1) is 5.97 Å². The largest absolute Gasteiger partial charge is 0.547 e. The van der Waals surface area contributed by atoms with Crippen LogP contribution in [0.2, 0.25) is 0 Å². The quantitative estimate of drug-likeness (QED) is 0.807. The molecule has 0 spiro atoms. The van der Waals surface area contributed by atoms with Crippen LogP contribution in [0.25, 0.3) is 0 Å². The number of benzene rings is 1. The molecule has 1 aromatic heterocycles. The van der Waals surface area contributed by atoms with Gasteiger partial charge in [-0.05, 0) is 48.3 Å². The summed E-state index contributed by atoms with van der Waals surface area (Å²) in [6, 6.07) is 10.2. The van der Waals surface area contributed by atoms with Crippen molar-refractivity contribution in [3.63, 3.8) is 0 Å². The molecule has 0 radical (unpaired) electrons. The van der Waals surface area contributed by atoms with Crippen LogP contribution in [0.1, 0.15) is 36.8 Å². The fourth-order valence-electron chi connectivity index (χ4n) is 3.38. The smallest absolute Gasteiger partial charge is 0.321 e. The second-order valence-corrected chi connectivity index (χ2v) is 7.26. The molecule has 2 atom stereocenters. The van der Waals surface area contributed by atoms with E-state index in [0.29, 0.717) is 17.8 Å². The molecule has 0 saturated carbocycles. The number of carbonyl (C=O) groups is 2. The molecule has 0 saturated heterocycles. The van der Waals surface area contributed by atoms with Crippen molar-refractivity contribution in [2.45, 2.75) is 36.1 Å². The standard InChI is InChI=1S/C19H21N3O3S/c1-12-7-9-19(17(23)24,15-6-4-3-5-14(12)15)22-18(25)21-16-11-13(26-2)8-10-20-16/h3-6,8,10-12H,7,9H2,1-2H3,(H,23,24)(H2,20,21,22,25)/p-1. The topological polar surface area (TPSA) is 94.2 Å². The van der Waals surface area contributed by atoms with Crippen molar-refractivity contribution in [3.8, 4) is 0 Å². The average molecular weight is 370 g/mol. The maximum Gasteiger partial charge on any atom is 0.321 e. The summed E-state index contributed by atoms with van der Waals surface area (Å²) >= 11 is 1.52. The number of amides is 2. The average Bonchev–Trinajstić information content (AvgIpc) is 2.64. The number of hydrogen-bond acceptors (Lipinski definition) is 5. The van der Waals surface area contributed by atoms with E-state index in [4.69, 9.17) is 0 Å². The predicted octanol–water partition coefficient (Wildman–Crippen LogP) is 2.47. The number of anilines is 1. The summed E-state index contributed by atoms with van der Waals surface area (Å²) in [4.78, 5) is 29.6. The Morgan fingerprint density at radius 3 is 2.81 bits per heavy atom. The lowest BCUT2D eigenvalue weighted by molar-refractivity contribution is -0.315. The number of fused-ring (bicyclic) bond motifs is 1. The number of carbonyl (C=O) groups excluding carboxylic acids is 2. The van der Waals surface area contributed by atoms with Gasteiger partial charge in [0, 0.05) is 11.1 Å². The van der Waals surface area contributed by atoms with E-state index in [0.717, 1.165) is 10.5 Å². The number of nitrogens with zero attached hydrogens (tertiary/aromatic N) is 1. The molecule has 1 aromatic carbocycles. The predicted molar refractivity (Wildman–Crippen MR) is 98.9 cm³/mol. The Morgan fingerprint density at radius 1 is 1.31 bits per heavy atom. The van der Waals surface area contributed by atoms with E-state index in [1.54, 1.807) is 24.4 Å². The molecule has 2 N–H and O–H groups in total. The minimum Gasteiger partial charge on any atom is -0.547 e. The van der Waals surface area contributed by atoms with Gasteiger partial charge in [0.15, 0.2) is 0 Å². The Labute approximate surface area is 156 Å². The van der Waals surface area contributed by atoms with Gasteiger partial charge in [-0.1, -0.05) is 31.2 Å². The second kappa shape index (κ2) is 7.37. The van der Waals surface area contributed by atoms with E-state index < -0.39 is 17.5 Å². The van der Waals surface area contributed by atoms with Crippen LogP contribution in [0.4, 0.5) is 10.6 Å². The monoisotopic (exact) mass is 370 g/mol. The number of aromatic nitrogens is 1. The van der Waals surface area contributed by atoms with Gasteiger partial charge in [-0.25, -0.2) is 9.78 Å². The molecule has 1 heterocycles. The van der Waals surface area contributed by atoms with E-state index in [1.807, 2.05) is 24.5 Å². The molecule has 3 rings (SSSR count). The lowest BCUT2D eigenvalue weighted by Gasteiger charge is -2.42. The number of carboxylic acid groups (broad SMARTS) is 1. The molecule has 1 aliphatic carbocycles. The zero-order chi connectivity index (χ0) is 18.7. The molecule has 0 aliphatic heterocycles. The van der Waals surface area contributed by atoms with Gasteiger partial charge in [0.2, 0.25) is 0 Å².